The van der Waals surface area contributed by atoms with Gasteiger partial charge in [-0.05, 0) is 55.3 Å². The third-order valence-electron chi connectivity index (χ3n) is 5.32. The first-order valence-corrected chi connectivity index (χ1v) is 10.3. The summed E-state index contributed by atoms with van der Waals surface area (Å²) in [4.78, 5) is 23.9. The van der Waals surface area contributed by atoms with Crippen LogP contribution in [0, 0.1) is 12.7 Å². The van der Waals surface area contributed by atoms with Crippen molar-refractivity contribution in [2.24, 2.45) is 0 Å². The number of carbonyl (C=O) groups excluding carboxylic acids is 2. The van der Waals surface area contributed by atoms with Crippen LogP contribution in [-0.2, 0) is 17.5 Å². The van der Waals surface area contributed by atoms with E-state index in [2.05, 4.69) is 21.3 Å². The molecule has 4 rings (SSSR count). The average molecular weight is 475 g/mol. The van der Waals surface area contributed by atoms with E-state index in [0.29, 0.717) is 16.8 Å². The molecule has 0 aliphatic carbocycles. The van der Waals surface area contributed by atoms with Gasteiger partial charge >= 0.3 is 12.2 Å². The Morgan fingerprint density at radius 2 is 1.91 bits per heavy atom. The highest BCUT2D eigenvalue weighted by molar-refractivity contribution is 6.03. The number of alkyl halides is 3. The monoisotopic (exact) mass is 475 g/mol. The summed E-state index contributed by atoms with van der Waals surface area (Å²) >= 11 is 0. The molecule has 0 spiro atoms. The van der Waals surface area contributed by atoms with Crippen LogP contribution < -0.4 is 21.3 Å². The van der Waals surface area contributed by atoms with Crippen molar-refractivity contribution >= 4 is 29.0 Å². The zero-order valence-electron chi connectivity index (χ0n) is 18.2. The third kappa shape index (κ3) is 4.82. The fourth-order valence-electron chi connectivity index (χ4n) is 3.56. The minimum absolute atomic E-state index is 0.00392. The minimum Gasteiger partial charge on any atom is -0.372 e. The molecule has 2 aromatic carbocycles. The zero-order valence-corrected chi connectivity index (χ0v) is 18.2. The van der Waals surface area contributed by atoms with Crippen molar-refractivity contribution in [3.8, 4) is 5.69 Å². The van der Waals surface area contributed by atoms with Crippen LogP contribution >= 0.6 is 0 Å². The third-order valence-corrected chi connectivity index (χ3v) is 5.32. The molecule has 34 heavy (non-hydrogen) atoms. The number of fused-ring (bicyclic) bond motifs is 1. The van der Waals surface area contributed by atoms with Crippen molar-refractivity contribution in [3.63, 3.8) is 0 Å². The Morgan fingerprint density at radius 1 is 1.15 bits per heavy atom. The standard InChI is InChI=1S/C23H21F4N5O2/c1-12-3-4-17(16(24)7-12)31-22(34)28-10-14-5-6-32(11-14)20-9-19-18(8-15(20)23(25,26)27)30-21(33)13(2)29-19/h3-9,11,13,29H,10H2,1-2H3,(H,30,33)(H2,28,31,34). The van der Waals surface area contributed by atoms with Crippen LogP contribution in [0.3, 0.4) is 0 Å². The topological polar surface area (TPSA) is 87.2 Å². The maximum absolute atomic E-state index is 13.9. The number of hydrogen-bond donors (Lipinski definition) is 4. The maximum Gasteiger partial charge on any atom is 0.418 e. The number of hydrogen-bond acceptors (Lipinski definition) is 3. The summed E-state index contributed by atoms with van der Waals surface area (Å²) in [6.07, 6.45) is -1.77. The Morgan fingerprint density at radius 3 is 2.62 bits per heavy atom. The number of urea groups is 1. The summed E-state index contributed by atoms with van der Waals surface area (Å²) < 4.78 is 56.5. The van der Waals surface area contributed by atoms with Gasteiger partial charge in [0.15, 0.2) is 0 Å². The number of aryl methyl sites for hydroxylation is 1. The largest absolute Gasteiger partial charge is 0.418 e. The number of aromatic nitrogens is 1. The first kappa shape index (κ1) is 23.1. The molecular formula is C23H21F4N5O2. The molecule has 0 bridgehead atoms. The van der Waals surface area contributed by atoms with Crippen LogP contribution in [0.2, 0.25) is 0 Å². The van der Waals surface area contributed by atoms with Crippen LogP contribution in [0.4, 0.5) is 39.4 Å². The highest BCUT2D eigenvalue weighted by atomic mass is 19.4. The highest BCUT2D eigenvalue weighted by Gasteiger charge is 2.36. The van der Waals surface area contributed by atoms with Crippen LogP contribution in [0.5, 0.6) is 0 Å². The van der Waals surface area contributed by atoms with Crippen LogP contribution in [0.1, 0.15) is 23.6 Å². The van der Waals surface area contributed by atoms with Crippen molar-refractivity contribution in [3.05, 3.63) is 71.3 Å². The van der Waals surface area contributed by atoms with Crippen LogP contribution in [0.15, 0.2) is 48.8 Å². The van der Waals surface area contributed by atoms with Gasteiger partial charge in [0.05, 0.1) is 28.3 Å². The second-order valence-corrected chi connectivity index (χ2v) is 7.99. The lowest BCUT2D eigenvalue weighted by atomic mass is 10.1. The molecule has 7 nitrogen and oxygen atoms in total. The highest BCUT2D eigenvalue weighted by Crippen LogP contribution is 2.40. The molecule has 3 aromatic rings. The van der Waals surface area contributed by atoms with Crippen molar-refractivity contribution in [2.45, 2.75) is 32.6 Å². The quantitative estimate of drug-likeness (QED) is 0.400. The van der Waals surface area contributed by atoms with E-state index in [1.165, 1.54) is 35.2 Å². The summed E-state index contributed by atoms with van der Waals surface area (Å²) in [5, 5.41) is 10.3. The lowest BCUT2D eigenvalue weighted by Crippen LogP contribution is -2.36. The van der Waals surface area contributed by atoms with Gasteiger partial charge in [-0.1, -0.05) is 6.07 Å². The number of nitrogens with zero attached hydrogens (tertiary/aromatic N) is 1. The van der Waals surface area contributed by atoms with Gasteiger partial charge in [-0.2, -0.15) is 13.2 Å². The maximum atomic E-state index is 13.9. The molecule has 1 atom stereocenters. The van der Waals surface area contributed by atoms with E-state index in [4.69, 9.17) is 0 Å². The zero-order chi connectivity index (χ0) is 24.6. The number of rotatable bonds is 4. The molecule has 0 radical (unpaired) electrons. The molecule has 1 aliphatic heterocycles. The van der Waals surface area contributed by atoms with Crippen molar-refractivity contribution in [1.29, 1.82) is 0 Å². The predicted molar refractivity (Wildman–Crippen MR) is 119 cm³/mol. The van der Waals surface area contributed by atoms with E-state index < -0.39 is 35.5 Å². The Bertz CT molecular complexity index is 1270. The fraction of sp³-hybridized carbons (Fsp3) is 0.217. The van der Waals surface area contributed by atoms with E-state index in [1.54, 1.807) is 26.0 Å². The first-order chi connectivity index (χ1) is 16.0. The molecule has 0 saturated heterocycles. The molecule has 1 unspecified atom stereocenters. The van der Waals surface area contributed by atoms with Gasteiger partial charge in [0.25, 0.3) is 0 Å². The summed E-state index contributed by atoms with van der Waals surface area (Å²) in [5.41, 5.74) is 0.594. The summed E-state index contributed by atoms with van der Waals surface area (Å²) in [6, 6.07) is 6.88. The smallest absolute Gasteiger partial charge is 0.372 e. The summed E-state index contributed by atoms with van der Waals surface area (Å²) in [5.74, 6) is -1.00. The molecule has 11 heteroatoms. The van der Waals surface area contributed by atoms with Gasteiger partial charge in [0.1, 0.15) is 11.9 Å². The van der Waals surface area contributed by atoms with Gasteiger partial charge in [0.2, 0.25) is 5.91 Å². The number of amides is 3. The van der Waals surface area contributed by atoms with Crippen LogP contribution in [-0.4, -0.2) is 22.5 Å². The molecule has 4 N–H and O–H groups in total. The van der Waals surface area contributed by atoms with Gasteiger partial charge in [-0.15, -0.1) is 0 Å². The van der Waals surface area contributed by atoms with E-state index in [0.717, 1.165) is 6.07 Å². The van der Waals surface area contributed by atoms with E-state index in [9.17, 15) is 27.2 Å². The molecule has 178 valence electrons. The SMILES string of the molecule is Cc1ccc(NC(=O)NCc2ccn(-c3cc4c(cc3C(F)(F)F)NC(=O)C(C)N4)c2)c(F)c1. The van der Waals surface area contributed by atoms with E-state index in [-0.39, 0.29) is 23.6 Å². The Hall–Kier alpha value is -4.02. The Labute approximate surface area is 192 Å². The number of benzene rings is 2. The average Bonchev–Trinajstić information content (AvgIpc) is 3.23. The molecule has 0 saturated carbocycles. The molecule has 2 heterocycles. The number of anilines is 3. The Balaban J connectivity index is 1.52. The number of carbonyl (C=O) groups is 2. The molecule has 0 fully saturated rings. The van der Waals surface area contributed by atoms with E-state index >= 15 is 0 Å². The van der Waals surface area contributed by atoms with E-state index in [1.807, 2.05) is 0 Å². The second kappa shape index (κ2) is 8.73. The molecule has 1 aliphatic rings. The molecular weight excluding hydrogens is 454 g/mol. The summed E-state index contributed by atoms with van der Waals surface area (Å²) in [6.45, 7) is 3.32. The molecule has 3 amide bonds. The van der Waals surface area contributed by atoms with Crippen molar-refractivity contribution < 1.29 is 27.2 Å². The summed E-state index contributed by atoms with van der Waals surface area (Å²) in [7, 11) is 0. The van der Waals surface area contributed by atoms with Gasteiger partial charge in [-0.25, -0.2) is 9.18 Å². The molecule has 1 aromatic heterocycles. The van der Waals surface area contributed by atoms with Crippen LogP contribution in [0.25, 0.3) is 5.69 Å². The number of nitrogens with one attached hydrogen (secondary N) is 4. The Kier molecular flexibility index (Phi) is 5.94. The van der Waals surface area contributed by atoms with Crippen molar-refractivity contribution in [1.82, 2.24) is 9.88 Å². The fourth-order valence-corrected chi connectivity index (χ4v) is 3.56. The first-order valence-electron chi connectivity index (χ1n) is 10.3. The number of halogens is 4. The van der Waals surface area contributed by atoms with Gasteiger partial charge in [0, 0.05) is 18.9 Å². The minimum atomic E-state index is -4.67. The normalized spacial score (nSPS) is 15.2. The predicted octanol–water partition coefficient (Wildman–Crippen LogP) is 5.02. The van der Waals surface area contributed by atoms with Gasteiger partial charge < -0.3 is 25.8 Å². The lowest BCUT2D eigenvalue weighted by molar-refractivity contribution is -0.137. The van der Waals surface area contributed by atoms with Crippen molar-refractivity contribution in [2.75, 3.05) is 16.0 Å². The second-order valence-electron chi connectivity index (χ2n) is 7.99. The van der Waals surface area contributed by atoms with Gasteiger partial charge in [-0.3, -0.25) is 4.79 Å². The lowest BCUT2D eigenvalue weighted by Gasteiger charge is -2.26.